The van der Waals surface area contributed by atoms with Crippen LogP contribution in [0, 0.1) is 6.92 Å². The van der Waals surface area contributed by atoms with Gasteiger partial charge < -0.3 is 29.2 Å². The third-order valence-corrected chi connectivity index (χ3v) is 7.17. The van der Waals surface area contributed by atoms with E-state index in [0.29, 0.717) is 51.5 Å². The molecule has 4 rings (SSSR count). The number of carbonyl (C=O) groups is 2. The van der Waals surface area contributed by atoms with Gasteiger partial charge in [0.15, 0.2) is 0 Å². The van der Waals surface area contributed by atoms with Gasteiger partial charge in [0.1, 0.15) is 12.3 Å². The Morgan fingerprint density at radius 3 is 2.37 bits per heavy atom. The van der Waals surface area contributed by atoms with Crippen molar-refractivity contribution < 1.29 is 19.1 Å². The summed E-state index contributed by atoms with van der Waals surface area (Å²) < 4.78 is 13.1. The molecule has 226 valence electrons. The minimum atomic E-state index is -0.310. The van der Waals surface area contributed by atoms with Gasteiger partial charge in [-0.3, -0.25) is 4.79 Å². The zero-order chi connectivity index (χ0) is 30.4. The predicted octanol–water partition coefficient (Wildman–Crippen LogP) is 6.34. The van der Waals surface area contributed by atoms with Gasteiger partial charge >= 0.3 is 6.03 Å². The number of urea groups is 1. The van der Waals surface area contributed by atoms with E-state index in [0.717, 1.165) is 28.1 Å². The number of anilines is 1. The number of hydrogen-bond donors (Lipinski definition) is 1. The standard InChI is InChI=1S/C35H42N4O4/c1-4-43-22-10-21-38(35(41)36-31-18-16-28(2)17-19-31)27-34(40)39(24-29-11-6-5-7-12-29)26-32-14-9-20-37(32)25-30-13-8-15-33(23-30)42-3/h5-9,11-20,23H,4,10,21-22,24-27H2,1-3H3,(H,36,41). The topological polar surface area (TPSA) is 76.0 Å². The van der Waals surface area contributed by atoms with Gasteiger partial charge in [0.2, 0.25) is 5.91 Å². The van der Waals surface area contributed by atoms with Crippen LogP contribution in [0.4, 0.5) is 10.5 Å². The van der Waals surface area contributed by atoms with Crippen LogP contribution in [-0.2, 0) is 29.2 Å². The van der Waals surface area contributed by atoms with Gasteiger partial charge in [-0.1, -0.05) is 60.2 Å². The summed E-state index contributed by atoms with van der Waals surface area (Å²) in [5.74, 6) is 0.675. The molecule has 0 fully saturated rings. The summed E-state index contributed by atoms with van der Waals surface area (Å²) in [5.41, 5.74) is 4.92. The van der Waals surface area contributed by atoms with Crippen molar-refractivity contribution in [1.29, 1.82) is 0 Å². The van der Waals surface area contributed by atoms with Gasteiger partial charge in [0, 0.05) is 50.4 Å². The molecular weight excluding hydrogens is 540 g/mol. The molecule has 0 aliphatic heterocycles. The molecule has 0 saturated heterocycles. The second kappa shape index (κ2) is 16.2. The van der Waals surface area contributed by atoms with E-state index in [-0.39, 0.29) is 18.5 Å². The number of rotatable bonds is 15. The third kappa shape index (κ3) is 9.75. The first-order chi connectivity index (χ1) is 20.9. The molecule has 1 N–H and O–H groups in total. The number of benzene rings is 3. The fourth-order valence-corrected chi connectivity index (χ4v) is 4.80. The molecule has 0 spiro atoms. The Kier molecular flexibility index (Phi) is 11.8. The minimum absolute atomic E-state index is 0.0484. The molecule has 0 radical (unpaired) electrons. The second-order valence-corrected chi connectivity index (χ2v) is 10.5. The van der Waals surface area contributed by atoms with Gasteiger partial charge in [0.05, 0.1) is 13.7 Å². The Morgan fingerprint density at radius 1 is 0.860 bits per heavy atom. The smallest absolute Gasteiger partial charge is 0.322 e. The highest BCUT2D eigenvalue weighted by Gasteiger charge is 2.23. The molecule has 0 bridgehead atoms. The zero-order valence-corrected chi connectivity index (χ0v) is 25.4. The van der Waals surface area contributed by atoms with Crippen LogP contribution in [0.5, 0.6) is 5.75 Å². The molecule has 0 aliphatic carbocycles. The first-order valence-corrected chi connectivity index (χ1v) is 14.7. The van der Waals surface area contributed by atoms with Gasteiger partial charge in [-0.25, -0.2) is 4.79 Å². The Labute approximate surface area is 254 Å². The number of hydrogen-bond acceptors (Lipinski definition) is 4. The molecule has 0 atom stereocenters. The lowest BCUT2D eigenvalue weighted by Crippen LogP contribution is -2.45. The summed E-state index contributed by atoms with van der Waals surface area (Å²) >= 11 is 0. The van der Waals surface area contributed by atoms with Crippen molar-refractivity contribution in [2.75, 3.05) is 38.7 Å². The normalized spacial score (nSPS) is 10.8. The van der Waals surface area contributed by atoms with Crippen LogP contribution in [0.25, 0.3) is 0 Å². The Bertz CT molecular complexity index is 1440. The summed E-state index contributed by atoms with van der Waals surface area (Å²) in [6.07, 6.45) is 2.65. The number of carbonyl (C=O) groups excluding carboxylic acids is 2. The Hall–Kier alpha value is -4.56. The maximum absolute atomic E-state index is 14.0. The third-order valence-electron chi connectivity index (χ3n) is 7.17. The predicted molar refractivity (Wildman–Crippen MR) is 170 cm³/mol. The Balaban J connectivity index is 1.53. The van der Waals surface area contributed by atoms with E-state index in [1.165, 1.54) is 0 Å². The molecule has 8 nitrogen and oxygen atoms in total. The lowest BCUT2D eigenvalue weighted by molar-refractivity contribution is -0.133. The van der Waals surface area contributed by atoms with Crippen LogP contribution < -0.4 is 10.1 Å². The van der Waals surface area contributed by atoms with E-state index in [4.69, 9.17) is 9.47 Å². The van der Waals surface area contributed by atoms with Crippen LogP contribution >= 0.6 is 0 Å². The SMILES string of the molecule is CCOCCCN(CC(=O)N(Cc1ccccc1)Cc1cccn1Cc1cccc(OC)c1)C(=O)Nc1ccc(C)cc1. The second-order valence-electron chi connectivity index (χ2n) is 10.5. The molecule has 0 saturated carbocycles. The lowest BCUT2D eigenvalue weighted by atomic mass is 10.2. The van der Waals surface area contributed by atoms with Gasteiger partial charge in [-0.2, -0.15) is 0 Å². The summed E-state index contributed by atoms with van der Waals surface area (Å²) in [7, 11) is 1.66. The number of nitrogens with one attached hydrogen (secondary N) is 1. The molecule has 1 aromatic heterocycles. The zero-order valence-electron chi connectivity index (χ0n) is 25.4. The minimum Gasteiger partial charge on any atom is -0.497 e. The van der Waals surface area contributed by atoms with E-state index >= 15 is 0 Å². The maximum Gasteiger partial charge on any atom is 0.322 e. The van der Waals surface area contributed by atoms with Crippen LogP contribution in [0.15, 0.2) is 97.2 Å². The first kappa shape index (κ1) is 31.4. The van der Waals surface area contributed by atoms with Crippen molar-refractivity contribution in [2.24, 2.45) is 0 Å². The maximum atomic E-state index is 14.0. The van der Waals surface area contributed by atoms with Crippen LogP contribution in [0.2, 0.25) is 0 Å². The number of aryl methyl sites for hydroxylation is 1. The Morgan fingerprint density at radius 2 is 1.63 bits per heavy atom. The van der Waals surface area contributed by atoms with Gasteiger partial charge in [-0.05, 0) is 67.8 Å². The van der Waals surface area contributed by atoms with E-state index in [1.807, 2.05) is 110 Å². The lowest BCUT2D eigenvalue weighted by Gasteiger charge is -2.28. The first-order valence-electron chi connectivity index (χ1n) is 14.7. The highest BCUT2D eigenvalue weighted by Crippen LogP contribution is 2.18. The summed E-state index contributed by atoms with van der Waals surface area (Å²) in [6, 6.07) is 29.3. The number of methoxy groups -OCH3 is 1. The molecule has 3 aromatic carbocycles. The van der Waals surface area contributed by atoms with E-state index in [2.05, 4.69) is 16.0 Å². The number of amides is 3. The molecule has 1 heterocycles. The number of nitrogens with zero attached hydrogens (tertiary/aromatic N) is 3. The number of ether oxygens (including phenoxy) is 2. The summed E-state index contributed by atoms with van der Waals surface area (Å²) in [5, 5.41) is 2.96. The number of aromatic nitrogens is 1. The highest BCUT2D eigenvalue weighted by atomic mass is 16.5. The van der Waals surface area contributed by atoms with Gasteiger partial charge in [0.25, 0.3) is 0 Å². The van der Waals surface area contributed by atoms with Crippen LogP contribution in [0.3, 0.4) is 0 Å². The summed E-state index contributed by atoms with van der Waals surface area (Å²) in [6.45, 7) is 6.89. The summed E-state index contributed by atoms with van der Waals surface area (Å²) in [4.78, 5) is 30.8. The highest BCUT2D eigenvalue weighted by molar-refractivity contribution is 5.92. The molecule has 4 aromatic rings. The van der Waals surface area contributed by atoms with E-state index in [9.17, 15) is 9.59 Å². The fourth-order valence-electron chi connectivity index (χ4n) is 4.80. The molecule has 0 unspecified atom stereocenters. The van der Waals surface area contributed by atoms with Gasteiger partial charge in [-0.15, -0.1) is 0 Å². The van der Waals surface area contributed by atoms with Crippen molar-refractivity contribution in [1.82, 2.24) is 14.4 Å². The van der Waals surface area contributed by atoms with E-state index in [1.54, 1.807) is 12.0 Å². The monoisotopic (exact) mass is 582 g/mol. The van der Waals surface area contributed by atoms with Crippen molar-refractivity contribution in [3.05, 3.63) is 120 Å². The van der Waals surface area contributed by atoms with Crippen molar-refractivity contribution in [3.63, 3.8) is 0 Å². The van der Waals surface area contributed by atoms with Crippen molar-refractivity contribution in [3.8, 4) is 5.75 Å². The molecular formula is C35H42N4O4. The fraction of sp³-hybridized carbons (Fsp3) is 0.314. The van der Waals surface area contributed by atoms with Crippen LogP contribution in [-0.4, -0.2) is 59.7 Å². The van der Waals surface area contributed by atoms with Crippen molar-refractivity contribution in [2.45, 2.75) is 39.9 Å². The molecule has 8 heteroatoms. The van der Waals surface area contributed by atoms with E-state index < -0.39 is 0 Å². The quantitative estimate of drug-likeness (QED) is 0.166. The molecule has 0 aliphatic rings. The molecule has 43 heavy (non-hydrogen) atoms. The largest absolute Gasteiger partial charge is 0.497 e. The van der Waals surface area contributed by atoms with Crippen LogP contribution in [0.1, 0.15) is 35.7 Å². The van der Waals surface area contributed by atoms with Crippen molar-refractivity contribution >= 4 is 17.6 Å². The average molecular weight is 583 g/mol. The average Bonchev–Trinajstić information content (AvgIpc) is 3.46. The molecule has 3 amide bonds.